The van der Waals surface area contributed by atoms with Crippen LogP contribution in [0.1, 0.15) is 44.1 Å². The summed E-state index contributed by atoms with van der Waals surface area (Å²) in [6.07, 6.45) is 1.40. The highest BCUT2D eigenvalue weighted by atomic mass is 19.3. The van der Waals surface area contributed by atoms with Crippen LogP contribution in [0.25, 0.3) is 32.9 Å². The highest BCUT2D eigenvalue weighted by Gasteiger charge is 2.49. The minimum atomic E-state index is -2.95. The van der Waals surface area contributed by atoms with Crippen LogP contribution in [0.2, 0.25) is 0 Å². The summed E-state index contributed by atoms with van der Waals surface area (Å²) in [4.78, 5) is 17.5. The Bertz CT molecular complexity index is 1810. The summed E-state index contributed by atoms with van der Waals surface area (Å²) >= 11 is 0. The monoisotopic (exact) mass is 628 g/mol. The number of halogens is 6. The van der Waals surface area contributed by atoms with Crippen LogP contribution in [-0.2, 0) is 0 Å². The summed E-state index contributed by atoms with van der Waals surface area (Å²) in [5.74, 6) is -3.09. The Kier molecular flexibility index (Phi) is 6.83. The quantitative estimate of drug-likeness (QED) is 0.259. The molecule has 0 aliphatic carbocycles. The van der Waals surface area contributed by atoms with Gasteiger partial charge in [0.15, 0.2) is 17.5 Å². The van der Waals surface area contributed by atoms with E-state index in [1.54, 1.807) is 0 Å². The molecule has 7 nitrogen and oxygen atoms in total. The average molecular weight is 629 g/mol. The molecule has 2 bridgehead atoms. The van der Waals surface area contributed by atoms with Crippen LogP contribution >= 0.6 is 0 Å². The molecule has 1 N–H and O–H groups in total. The van der Waals surface area contributed by atoms with E-state index in [0.29, 0.717) is 31.9 Å². The summed E-state index contributed by atoms with van der Waals surface area (Å²) in [5, 5.41) is 3.44. The lowest BCUT2D eigenvalue weighted by Gasteiger charge is -2.34. The highest BCUT2D eigenvalue weighted by molar-refractivity contribution is 6.00. The number of piperazine rings is 1. The van der Waals surface area contributed by atoms with E-state index in [4.69, 9.17) is 9.72 Å². The number of hydrogen-bond donors (Lipinski definition) is 1. The molecule has 0 spiro atoms. The van der Waals surface area contributed by atoms with Gasteiger partial charge in [0.25, 0.3) is 6.43 Å². The molecule has 2 aromatic heterocycles. The smallest absolute Gasteiger partial charge is 0.319 e. The van der Waals surface area contributed by atoms with Crippen molar-refractivity contribution >= 4 is 27.5 Å². The molecule has 4 saturated heterocycles. The van der Waals surface area contributed by atoms with Gasteiger partial charge < -0.3 is 15.0 Å². The number of alkyl halides is 3. The van der Waals surface area contributed by atoms with Gasteiger partial charge in [0, 0.05) is 60.8 Å². The van der Waals surface area contributed by atoms with E-state index in [2.05, 4.69) is 20.2 Å². The van der Waals surface area contributed by atoms with Crippen molar-refractivity contribution in [3.63, 3.8) is 0 Å². The molecule has 4 unspecified atom stereocenters. The van der Waals surface area contributed by atoms with Gasteiger partial charge in [-0.15, -0.1) is 0 Å². The summed E-state index contributed by atoms with van der Waals surface area (Å²) in [6.45, 7) is 2.44. The number of nitrogens with zero attached hydrogens (tertiary/aromatic N) is 5. The Balaban J connectivity index is 1.28. The molecular formula is C32H30F6N6O. The van der Waals surface area contributed by atoms with Gasteiger partial charge in [-0.1, -0.05) is 6.07 Å². The number of pyridine rings is 1. The standard InChI is InChI=1S/C32H30F6N6O/c33-18-10-32(6-1-7-44(32)12-18)15-45-31-41-28-22(30(42-31)43-13-19-3-4-20(14-43)40-19)11-39-27(26(28)36)21-9-17(29(37)38)8-16-2-5-23(34)25(35)24(16)21/h2,5,8-9,11,18-20,29,40H,1,3-4,6-7,10,12-15H2. The van der Waals surface area contributed by atoms with Crippen molar-refractivity contribution < 1.29 is 31.1 Å². The number of benzene rings is 2. The van der Waals surface area contributed by atoms with Crippen molar-refractivity contribution in [3.05, 3.63) is 53.5 Å². The fraction of sp³-hybridized carbons (Fsp3) is 0.469. The number of nitrogens with one attached hydrogen (secondary N) is 1. The molecule has 4 fully saturated rings. The van der Waals surface area contributed by atoms with Crippen molar-refractivity contribution in [2.75, 3.05) is 37.7 Å². The highest BCUT2D eigenvalue weighted by Crippen LogP contribution is 2.42. The second-order valence-corrected chi connectivity index (χ2v) is 12.7. The number of ether oxygens (including phenoxy) is 1. The Labute approximate surface area is 254 Å². The predicted octanol–water partition coefficient (Wildman–Crippen LogP) is 6.10. The van der Waals surface area contributed by atoms with E-state index in [9.17, 15) is 17.6 Å². The third-order valence-electron chi connectivity index (χ3n) is 9.93. The molecule has 8 rings (SSSR count). The van der Waals surface area contributed by atoms with Crippen LogP contribution in [-0.4, -0.2) is 76.4 Å². The Morgan fingerprint density at radius 2 is 1.82 bits per heavy atom. The van der Waals surface area contributed by atoms with Crippen LogP contribution < -0.4 is 15.0 Å². The number of fused-ring (bicyclic) bond motifs is 5. The van der Waals surface area contributed by atoms with Gasteiger partial charge in [-0.25, -0.2) is 26.3 Å². The fourth-order valence-electron chi connectivity index (χ4n) is 7.86. The molecule has 4 aromatic rings. The molecule has 0 saturated carbocycles. The van der Waals surface area contributed by atoms with Gasteiger partial charge in [-0.2, -0.15) is 9.97 Å². The normalized spacial score (nSPS) is 26.5. The van der Waals surface area contributed by atoms with Crippen LogP contribution in [0.4, 0.5) is 32.2 Å². The third-order valence-corrected chi connectivity index (χ3v) is 9.93. The fourth-order valence-corrected chi connectivity index (χ4v) is 7.86. The van der Waals surface area contributed by atoms with Gasteiger partial charge in [-0.05, 0) is 55.8 Å². The zero-order valence-electron chi connectivity index (χ0n) is 24.2. The average Bonchev–Trinajstić information content (AvgIpc) is 3.67. The topological polar surface area (TPSA) is 66.4 Å². The number of rotatable bonds is 6. The second kappa shape index (κ2) is 10.7. The van der Waals surface area contributed by atoms with Crippen molar-refractivity contribution in [1.82, 2.24) is 25.2 Å². The molecule has 4 aliphatic rings. The zero-order valence-corrected chi connectivity index (χ0v) is 24.2. The molecule has 13 heteroatoms. The van der Waals surface area contributed by atoms with Crippen LogP contribution in [0.5, 0.6) is 6.01 Å². The van der Waals surface area contributed by atoms with Gasteiger partial charge in [-0.3, -0.25) is 9.88 Å². The summed E-state index contributed by atoms with van der Waals surface area (Å²) < 4.78 is 94.5. The van der Waals surface area contributed by atoms with Crippen LogP contribution in [0.3, 0.4) is 0 Å². The van der Waals surface area contributed by atoms with Crippen molar-refractivity contribution in [2.24, 2.45) is 0 Å². The lowest BCUT2D eigenvalue weighted by molar-refractivity contribution is 0.107. The first-order valence-corrected chi connectivity index (χ1v) is 15.3. The van der Waals surface area contributed by atoms with Gasteiger partial charge in [0.05, 0.1) is 10.9 Å². The van der Waals surface area contributed by atoms with E-state index in [-0.39, 0.29) is 51.9 Å². The number of hydrogen-bond acceptors (Lipinski definition) is 7. The van der Waals surface area contributed by atoms with Gasteiger partial charge in [0.1, 0.15) is 29.8 Å². The molecule has 4 atom stereocenters. The van der Waals surface area contributed by atoms with E-state index in [1.165, 1.54) is 12.3 Å². The maximum absolute atomic E-state index is 16.6. The SMILES string of the molecule is Fc1ccc2cc(C(F)F)cc(-c3ncc4c(N5CC6CCC(C5)N6)nc(OCC56CCCN5CC(F)C6)nc4c3F)c2c1F. The number of aromatic nitrogens is 3. The van der Waals surface area contributed by atoms with Gasteiger partial charge in [0.2, 0.25) is 0 Å². The van der Waals surface area contributed by atoms with E-state index < -0.39 is 46.8 Å². The molecule has 0 amide bonds. The maximum atomic E-state index is 16.6. The predicted molar refractivity (Wildman–Crippen MR) is 156 cm³/mol. The van der Waals surface area contributed by atoms with E-state index >= 15 is 8.78 Å². The molecule has 45 heavy (non-hydrogen) atoms. The Hall–Kier alpha value is -3.71. The zero-order chi connectivity index (χ0) is 31.0. The van der Waals surface area contributed by atoms with E-state index in [0.717, 1.165) is 50.4 Å². The summed E-state index contributed by atoms with van der Waals surface area (Å²) in [6, 6.07) is 4.33. The summed E-state index contributed by atoms with van der Waals surface area (Å²) in [7, 11) is 0. The van der Waals surface area contributed by atoms with Crippen LogP contribution in [0, 0.1) is 17.5 Å². The van der Waals surface area contributed by atoms with Crippen molar-refractivity contribution in [3.8, 4) is 17.3 Å². The molecule has 6 heterocycles. The van der Waals surface area contributed by atoms with Gasteiger partial charge >= 0.3 is 6.01 Å². The number of anilines is 1. The third kappa shape index (κ3) is 4.77. The Morgan fingerprint density at radius 3 is 2.60 bits per heavy atom. The van der Waals surface area contributed by atoms with Crippen LogP contribution in [0.15, 0.2) is 30.5 Å². The minimum Gasteiger partial charge on any atom is -0.461 e. The van der Waals surface area contributed by atoms with E-state index in [1.807, 2.05) is 4.90 Å². The molecule has 236 valence electrons. The van der Waals surface area contributed by atoms with Crippen molar-refractivity contribution in [1.29, 1.82) is 0 Å². The Morgan fingerprint density at radius 1 is 1.02 bits per heavy atom. The first-order valence-electron chi connectivity index (χ1n) is 15.3. The van der Waals surface area contributed by atoms with Crippen molar-refractivity contribution in [2.45, 2.75) is 62.3 Å². The summed E-state index contributed by atoms with van der Waals surface area (Å²) in [5.41, 5.74) is -1.94. The first kappa shape index (κ1) is 28.7. The lowest BCUT2D eigenvalue weighted by Crippen LogP contribution is -2.51. The largest absolute Gasteiger partial charge is 0.461 e. The minimum absolute atomic E-state index is 0.0187. The maximum Gasteiger partial charge on any atom is 0.319 e. The first-order chi connectivity index (χ1) is 21.7. The molecule has 0 radical (unpaired) electrons. The molecule has 4 aliphatic heterocycles. The molecule has 2 aromatic carbocycles. The lowest BCUT2D eigenvalue weighted by atomic mass is 9.95. The second-order valence-electron chi connectivity index (χ2n) is 12.7. The molecular weight excluding hydrogens is 598 g/mol.